The van der Waals surface area contributed by atoms with E-state index < -0.39 is 10.0 Å². The van der Waals surface area contributed by atoms with Gasteiger partial charge in [-0.15, -0.1) is 22.9 Å². The lowest BCUT2D eigenvalue weighted by atomic mass is 10.2. The van der Waals surface area contributed by atoms with Crippen LogP contribution >= 0.6 is 50.5 Å². The van der Waals surface area contributed by atoms with E-state index in [9.17, 15) is 8.42 Å². The van der Waals surface area contributed by atoms with Crippen molar-refractivity contribution in [3.05, 3.63) is 49.6 Å². The summed E-state index contributed by atoms with van der Waals surface area (Å²) in [6, 6.07) is 6.51. The van der Waals surface area contributed by atoms with Gasteiger partial charge in [0.05, 0.1) is 8.68 Å². The van der Waals surface area contributed by atoms with E-state index in [1.807, 2.05) is 11.4 Å². The molecule has 0 bridgehead atoms. The third-order valence-corrected chi connectivity index (χ3v) is 6.90. The molecule has 0 fully saturated rings. The summed E-state index contributed by atoms with van der Waals surface area (Å²) in [6.45, 7) is 0.305. The van der Waals surface area contributed by atoms with Crippen LogP contribution in [0, 0.1) is 0 Å². The van der Waals surface area contributed by atoms with Crippen LogP contribution in [-0.2, 0) is 22.4 Å². The van der Waals surface area contributed by atoms with Crippen LogP contribution in [0.4, 0.5) is 0 Å². The fourth-order valence-corrected chi connectivity index (χ4v) is 4.75. The molecule has 21 heavy (non-hydrogen) atoms. The predicted octanol–water partition coefficient (Wildman–Crippen LogP) is 4.72. The smallest absolute Gasteiger partial charge is 0.207 e. The first-order valence-corrected chi connectivity index (χ1v) is 9.90. The highest BCUT2D eigenvalue weighted by Crippen LogP contribution is 2.26. The lowest BCUT2D eigenvalue weighted by Gasteiger charge is -2.17. The SMILES string of the molecule is CN(Cc1csc(Br)c1)S(=O)(=O)c1ccc(CCl)c(Cl)c1. The molecule has 0 unspecified atom stereocenters. The monoisotopic (exact) mass is 427 g/mol. The number of hydrogen-bond donors (Lipinski definition) is 0. The summed E-state index contributed by atoms with van der Waals surface area (Å²) in [5.74, 6) is 0.248. The molecule has 1 aromatic carbocycles. The van der Waals surface area contributed by atoms with Crippen LogP contribution in [0.3, 0.4) is 0 Å². The molecule has 0 spiro atoms. The van der Waals surface area contributed by atoms with Crippen molar-refractivity contribution in [2.45, 2.75) is 17.3 Å². The highest BCUT2D eigenvalue weighted by atomic mass is 79.9. The van der Waals surface area contributed by atoms with Gasteiger partial charge in [-0.2, -0.15) is 4.31 Å². The van der Waals surface area contributed by atoms with Crippen molar-refractivity contribution in [3.8, 4) is 0 Å². The Balaban J connectivity index is 2.26. The molecule has 8 heteroatoms. The molecule has 0 saturated heterocycles. The van der Waals surface area contributed by atoms with Gasteiger partial charge in [0.2, 0.25) is 10.0 Å². The van der Waals surface area contributed by atoms with E-state index in [4.69, 9.17) is 23.2 Å². The molecule has 0 aliphatic rings. The first kappa shape index (κ1) is 17.2. The first-order chi connectivity index (χ1) is 9.84. The Morgan fingerprint density at radius 1 is 1.33 bits per heavy atom. The number of hydrogen-bond acceptors (Lipinski definition) is 3. The fourth-order valence-electron chi connectivity index (χ4n) is 1.75. The standard InChI is InChI=1S/C13H12BrCl2NO2S2/c1-17(7-9-4-13(14)20-8-9)21(18,19)11-3-2-10(6-15)12(16)5-11/h2-5,8H,6-7H2,1H3. The van der Waals surface area contributed by atoms with Crippen LogP contribution in [0.1, 0.15) is 11.1 Å². The molecule has 2 aromatic rings. The van der Waals surface area contributed by atoms with Gasteiger partial charge in [-0.1, -0.05) is 17.7 Å². The Hall–Kier alpha value is -0.110. The number of sulfonamides is 1. The van der Waals surface area contributed by atoms with Crippen LogP contribution in [0.15, 0.2) is 38.3 Å². The van der Waals surface area contributed by atoms with Gasteiger partial charge in [0, 0.05) is 24.5 Å². The highest BCUT2D eigenvalue weighted by molar-refractivity contribution is 9.11. The van der Waals surface area contributed by atoms with Gasteiger partial charge in [-0.05, 0) is 50.6 Å². The summed E-state index contributed by atoms with van der Waals surface area (Å²) >= 11 is 16.6. The molecule has 0 aliphatic carbocycles. The molecule has 1 aromatic heterocycles. The van der Waals surface area contributed by atoms with E-state index >= 15 is 0 Å². The zero-order valence-corrected chi connectivity index (χ0v) is 15.7. The van der Waals surface area contributed by atoms with Gasteiger partial charge < -0.3 is 0 Å². The number of nitrogens with zero attached hydrogens (tertiary/aromatic N) is 1. The number of alkyl halides is 1. The van der Waals surface area contributed by atoms with E-state index in [2.05, 4.69) is 15.9 Å². The third kappa shape index (κ3) is 4.00. The number of rotatable bonds is 5. The second-order valence-corrected chi connectivity index (χ2v) is 9.42. The molecule has 2 rings (SSSR count). The summed E-state index contributed by atoms with van der Waals surface area (Å²) in [6.07, 6.45) is 0. The summed E-state index contributed by atoms with van der Waals surface area (Å²) < 4.78 is 27.3. The predicted molar refractivity (Wildman–Crippen MR) is 91.7 cm³/mol. The Labute approximate surface area is 146 Å². The maximum atomic E-state index is 12.5. The van der Waals surface area contributed by atoms with E-state index in [0.717, 1.165) is 9.35 Å². The van der Waals surface area contributed by atoms with Crippen molar-refractivity contribution in [3.63, 3.8) is 0 Å². The minimum atomic E-state index is -3.58. The maximum Gasteiger partial charge on any atom is 0.243 e. The minimum absolute atomic E-state index is 0.165. The topological polar surface area (TPSA) is 37.4 Å². The van der Waals surface area contributed by atoms with Gasteiger partial charge in [0.25, 0.3) is 0 Å². The molecule has 0 radical (unpaired) electrons. The molecule has 0 amide bonds. The second kappa shape index (κ2) is 6.98. The third-order valence-electron chi connectivity index (χ3n) is 2.90. The minimum Gasteiger partial charge on any atom is -0.207 e. The van der Waals surface area contributed by atoms with Crippen LogP contribution in [0.2, 0.25) is 5.02 Å². The normalized spacial score (nSPS) is 12.0. The Bertz CT molecular complexity index is 746. The van der Waals surface area contributed by atoms with Crippen LogP contribution in [0.25, 0.3) is 0 Å². The molecular formula is C13H12BrCl2NO2S2. The van der Waals surface area contributed by atoms with Crippen molar-refractivity contribution in [2.75, 3.05) is 7.05 Å². The van der Waals surface area contributed by atoms with Crippen molar-refractivity contribution >= 4 is 60.5 Å². The Morgan fingerprint density at radius 3 is 2.57 bits per heavy atom. The summed E-state index contributed by atoms with van der Waals surface area (Å²) in [4.78, 5) is 0.165. The molecular weight excluding hydrogens is 417 g/mol. The van der Waals surface area contributed by atoms with Crippen LogP contribution < -0.4 is 0 Å². The Morgan fingerprint density at radius 2 is 2.05 bits per heavy atom. The molecule has 0 N–H and O–H groups in total. The van der Waals surface area contributed by atoms with Crippen molar-refractivity contribution < 1.29 is 8.42 Å². The largest absolute Gasteiger partial charge is 0.243 e. The number of thiophene rings is 1. The first-order valence-electron chi connectivity index (χ1n) is 5.88. The summed E-state index contributed by atoms with van der Waals surface area (Å²) in [5, 5.41) is 2.28. The lowest BCUT2D eigenvalue weighted by molar-refractivity contribution is 0.467. The van der Waals surface area contributed by atoms with Crippen molar-refractivity contribution in [1.82, 2.24) is 4.31 Å². The van der Waals surface area contributed by atoms with Gasteiger partial charge in [0.1, 0.15) is 0 Å². The average Bonchev–Trinajstić information content (AvgIpc) is 2.83. The Kier molecular flexibility index (Phi) is 5.73. The molecule has 3 nitrogen and oxygen atoms in total. The zero-order chi connectivity index (χ0) is 15.6. The van der Waals surface area contributed by atoms with Gasteiger partial charge in [-0.25, -0.2) is 8.42 Å². The van der Waals surface area contributed by atoms with E-state index in [1.165, 1.54) is 27.8 Å². The zero-order valence-electron chi connectivity index (χ0n) is 11.0. The molecule has 114 valence electrons. The second-order valence-electron chi connectivity index (χ2n) is 4.41. The molecule has 0 aliphatic heterocycles. The molecule has 1 heterocycles. The van der Waals surface area contributed by atoms with Gasteiger partial charge >= 0.3 is 0 Å². The number of benzene rings is 1. The maximum absolute atomic E-state index is 12.5. The van der Waals surface area contributed by atoms with Crippen LogP contribution in [0.5, 0.6) is 0 Å². The van der Waals surface area contributed by atoms with Gasteiger partial charge in [-0.3, -0.25) is 0 Å². The fraction of sp³-hybridized carbons (Fsp3) is 0.231. The molecule has 0 atom stereocenters. The highest BCUT2D eigenvalue weighted by Gasteiger charge is 2.22. The van der Waals surface area contributed by atoms with Crippen molar-refractivity contribution in [2.24, 2.45) is 0 Å². The summed E-state index contributed by atoms with van der Waals surface area (Å²) in [7, 11) is -2.03. The van der Waals surface area contributed by atoms with E-state index in [1.54, 1.807) is 13.1 Å². The lowest BCUT2D eigenvalue weighted by Crippen LogP contribution is -2.26. The summed E-state index contributed by atoms with van der Waals surface area (Å²) in [5.41, 5.74) is 1.64. The van der Waals surface area contributed by atoms with E-state index in [-0.39, 0.29) is 10.8 Å². The quantitative estimate of drug-likeness (QED) is 0.645. The van der Waals surface area contributed by atoms with Gasteiger partial charge in [0.15, 0.2) is 0 Å². The molecule has 0 saturated carbocycles. The van der Waals surface area contributed by atoms with Crippen LogP contribution in [-0.4, -0.2) is 19.8 Å². The van der Waals surface area contributed by atoms with E-state index in [0.29, 0.717) is 17.1 Å². The average molecular weight is 429 g/mol. The van der Waals surface area contributed by atoms with Crippen molar-refractivity contribution in [1.29, 1.82) is 0 Å². The number of halogens is 3.